The number of benzene rings is 2. The summed E-state index contributed by atoms with van der Waals surface area (Å²) in [4.78, 5) is 37.6. The minimum Gasteiger partial charge on any atom is -0.322 e. The van der Waals surface area contributed by atoms with Gasteiger partial charge in [-0.05, 0) is 48.5 Å². The normalized spacial score (nSPS) is 12.8. The van der Waals surface area contributed by atoms with Crippen LogP contribution in [0.1, 0.15) is 5.56 Å². The van der Waals surface area contributed by atoms with E-state index in [-0.39, 0.29) is 18.4 Å². The zero-order chi connectivity index (χ0) is 25.2. The Morgan fingerprint density at radius 3 is 2.64 bits per heavy atom. The number of hydrogen-bond acceptors (Lipinski definition) is 6. The van der Waals surface area contributed by atoms with Crippen LogP contribution in [0.3, 0.4) is 0 Å². The van der Waals surface area contributed by atoms with Crippen molar-refractivity contribution < 1.29 is 14.0 Å². The number of hydrogen-bond donors (Lipinski definition) is 2. The highest BCUT2D eigenvalue weighted by molar-refractivity contribution is 6.10. The number of aromatic nitrogens is 4. The molecule has 5 rings (SSSR count). The van der Waals surface area contributed by atoms with Crippen molar-refractivity contribution in [1.29, 1.82) is 0 Å². The van der Waals surface area contributed by atoms with Crippen LogP contribution in [0.5, 0.6) is 0 Å². The Morgan fingerprint density at radius 2 is 1.92 bits per heavy atom. The van der Waals surface area contributed by atoms with Gasteiger partial charge in [0, 0.05) is 36.4 Å². The first-order valence-corrected chi connectivity index (χ1v) is 10.9. The Kier molecular flexibility index (Phi) is 5.87. The number of urea groups is 1. The number of halogens is 1. The first-order valence-electron chi connectivity index (χ1n) is 10.9. The number of rotatable bonds is 6. The molecule has 10 nitrogen and oxygen atoms in total. The molecule has 1 aliphatic rings. The molecule has 0 unspecified atom stereocenters. The number of amides is 3. The Balaban J connectivity index is 1.58. The monoisotopic (exact) mass is 484 g/mol. The smallest absolute Gasteiger partial charge is 0.322 e. The van der Waals surface area contributed by atoms with Crippen LogP contribution in [-0.2, 0) is 18.4 Å². The number of anilines is 6. The summed E-state index contributed by atoms with van der Waals surface area (Å²) >= 11 is 0. The molecule has 3 amide bonds. The zero-order valence-electron chi connectivity index (χ0n) is 19.2. The highest BCUT2D eigenvalue weighted by Crippen LogP contribution is 2.37. The van der Waals surface area contributed by atoms with Gasteiger partial charge in [-0.25, -0.2) is 19.1 Å². The van der Waals surface area contributed by atoms with Crippen molar-refractivity contribution in [3.63, 3.8) is 0 Å². The van der Waals surface area contributed by atoms with Gasteiger partial charge in [0.15, 0.2) is 5.82 Å². The fourth-order valence-corrected chi connectivity index (χ4v) is 3.80. The van der Waals surface area contributed by atoms with E-state index in [1.165, 1.54) is 34.1 Å². The van der Waals surface area contributed by atoms with Gasteiger partial charge in [0.1, 0.15) is 5.82 Å². The van der Waals surface area contributed by atoms with Gasteiger partial charge in [-0.1, -0.05) is 12.6 Å². The molecular formula is C25H21FN8O2. The number of carbonyl (C=O) groups excluding carboxylic acids is 2. The van der Waals surface area contributed by atoms with Crippen LogP contribution < -0.4 is 20.4 Å². The number of carbonyl (C=O) groups is 2. The summed E-state index contributed by atoms with van der Waals surface area (Å²) in [5.41, 5.74) is 2.84. The van der Waals surface area contributed by atoms with Crippen LogP contribution in [0.4, 0.5) is 43.7 Å². The Morgan fingerprint density at radius 1 is 1.11 bits per heavy atom. The molecule has 2 aromatic carbocycles. The van der Waals surface area contributed by atoms with Crippen LogP contribution in [0.2, 0.25) is 0 Å². The molecule has 36 heavy (non-hydrogen) atoms. The second-order valence-electron chi connectivity index (χ2n) is 7.99. The molecule has 3 heterocycles. The second kappa shape index (κ2) is 9.29. The van der Waals surface area contributed by atoms with Gasteiger partial charge >= 0.3 is 6.03 Å². The van der Waals surface area contributed by atoms with Crippen molar-refractivity contribution >= 4 is 46.5 Å². The second-order valence-corrected chi connectivity index (χ2v) is 7.99. The van der Waals surface area contributed by atoms with Crippen molar-refractivity contribution in [2.24, 2.45) is 7.05 Å². The van der Waals surface area contributed by atoms with Crippen LogP contribution in [0.25, 0.3) is 0 Å². The van der Waals surface area contributed by atoms with Gasteiger partial charge in [0.05, 0.1) is 24.1 Å². The fourth-order valence-electron chi connectivity index (χ4n) is 3.80. The van der Waals surface area contributed by atoms with Crippen LogP contribution >= 0.6 is 0 Å². The number of nitrogens with zero attached hydrogens (tertiary/aromatic N) is 6. The average Bonchev–Trinajstić information content (AvgIpc) is 3.28. The van der Waals surface area contributed by atoms with E-state index in [2.05, 4.69) is 32.3 Å². The minimum atomic E-state index is -0.402. The van der Waals surface area contributed by atoms with Crippen molar-refractivity contribution in [3.8, 4) is 0 Å². The highest BCUT2D eigenvalue weighted by Gasteiger charge is 2.34. The van der Waals surface area contributed by atoms with Gasteiger partial charge in [-0.2, -0.15) is 10.1 Å². The van der Waals surface area contributed by atoms with E-state index >= 15 is 0 Å². The molecule has 4 aromatic rings. The van der Waals surface area contributed by atoms with E-state index in [1.807, 2.05) is 0 Å². The lowest BCUT2D eigenvalue weighted by Gasteiger charge is -2.36. The summed E-state index contributed by atoms with van der Waals surface area (Å²) < 4.78 is 15.2. The predicted octanol–water partition coefficient (Wildman–Crippen LogP) is 4.50. The van der Waals surface area contributed by atoms with Gasteiger partial charge in [0.2, 0.25) is 11.9 Å². The van der Waals surface area contributed by atoms with Gasteiger partial charge in [-0.15, -0.1) is 0 Å². The average molecular weight is 484 g/mol. The molecule has 0 fully saturated rings. The first kappa shape index (κ1) is 22.7. The summed E-state index contributed by atoms with van der Waals surface area (Å²) in [7, 11) is 1.79. The molecule has 1 aliphatic heterocycles. The summed E-state index contributed by atoms with van der Waals surface area (Å²) in [6.07, 6.45) is 6.20. The van der Waals surface area contributed by atoms with Crippen molar-refractivity contribution in [3.05, 3.63) is 91.2 Å². The molecule has 0 aliphatic carbocycles. The van der Waals surface area contributed by atoms with E-state index in [0.717, 1.165) is 6.08 Å². The van der Waals surface area contributed by atoms with Crippen molar-refractivity contribution in [2.45, 2.75) is 6.54 Å². The maximum Gasteiger partial charge on any atom is 0.335 e. The molecule has 11 heteroatoms. The number of aryl methyl sites for hydroxylation is 1. The summed E-state index contributed by atoms with van der Waals surface area (Å²) in [6.45, 7) is 3.66. The standard InChI is InChI=1S/C25H21FN8O2/c1-3-22(35)29-18-5-4-6-21(11-18)34-23-16(12-27-24(31-23)30-19-13-28-32(2)15-19)14-33(25(34)36)20-9-7-17(26)8-10-20/h3-13,15H,1,14H2,2H3,(H,29,35)(H,27,30,31). The fraction of sp³-hybridized carbons (Fsp3) is 0.0800. The van der Waals surface area contributed by atoms with Gasteiger partial charge in [-0.3, -0.25) is 14.4 Å². The Hall–Kier alpha value is -5.06. The summed E-state index contributed by atoms with van der Waals surface area (Å²) in [5, 5.41) is 9.91. The molecule has 2 aromatic heterocycles. The third-order valence-corrected chi connectivity index (χ3v) is 5.46. The molecule has 0 saturated heterocycles. The SMILES string of the molecule is C=CC(=O)Nc1cccc(N2C(=O)N(c3ccc(F)cc3)Cc3cnc(Nc4cnn(C)c4)nc32)c1. The summed E-state index contributed by atoms with van der Waals surface area (Å²) in [6, 6.07) is 12.1. The highest BCUT2D eigenvalue weighted by atomic mass is 19.1. The van der Waals surface area contributed by atoms with Gasteiger partial charge in [0.25, 0.3) is 0 Å². The number of nitrogens with one attached hydrogen (secondary N) is 2. The maximum atomic E-state index is 13.8. The lowest BCUT2D eigenvalue weighted by atomic mass is 10.1. The zero-order valence-corrected chi connectivity index (χ0v) is 19.2. The molecule has 0 radical (unpaired) electrons. The lowest BCUT2D eigenvalue weighted by Crippen LogP contribution is -2.45. The maximum absolute atomic E-state index is 13.8. The molecule has 180 valence electrons. The number of fused-ring (bicyclic) bond motifs is 1. The third kappa shape index (κ3) is 4.49. The first-order chi connectivity index (χ1) is 17.4. The van der Waals surface area contributed by atoms with Crippen molar-refractivity contribution in [1.82, 2.24) is 19.7 Å². The molecular weight excluding hydrogens is 463 g/mol. The molecule has 0 spiro atoms. The van der Waals surface area contributed by atoms with E-state index < -0.39 is 11.8 Å². The quantitative estimate of drug-likeness (QED) is 0.390. The topological polar surface area (TPSA) is 108 Å². The predicted molar refractivity (Wildman–Crippen MR) is 134 cm³/mol. The van der Waals surface area contributed by atoms with Crippen LogP contribution in [-0.4, -0.2) is 31.7 Å². The Labute approximate surface area is 205 Å². The molecule has 0 bridgehead atoms. The van der Waals surface area contributed by atoms with Crippen molar-refractivity contribution in [2.75, 3.05) is 20.4 Å². The third-order valence-electron chi connectivity index (χ3n) is 5.46. The van der Waals surface area contributed by atoms with Crippen LogP contribution in [0, 0.1) is 5.82 Å². The van der Waals surface area contributed by atoms with E-state index in [1.54, 1.807) is 54.6 Å². The van der Waals surface area contributed by atoms with E-state index in [4.69, 9.17) is 0 Å². The van der Waals surface area contributed by atoms with Gasteiger partial charge < -0.3 is 10.6 Å². The van der Waals surface area contributed by atoms with Crippen LogP contribution in [0.15, 0.2) is 79.8 Å². The summed E-state index contributed by atoms with van der Waals surface area (Å²) in [5.74, 6) is -0.117. The minimum absolute atomic E-state index is 0.191. The Bertz CT molecular complexity index is 1470. The lowest BCUT2D eigenvalue weighted by molar-refractivity contribution is -0.111. The molecule has 0 saturated carbocycles. The largest absolute Gasteiger partial charge is 0.335 e. The van der Waals surface area contributed by atoms with E-state index in [0.29, 0.717) is 34.1 Å². The molecule has 2 N–H and O–H groups in total. The molecule has 0 atom stereocenters. The van der Waals surface area contributed by atoms with E-state index in [9.17, 15) is 14.0 Å².